The van der Waals surface area contributed by atoms with E-state index in [4.69, 9.17) is 11.6 Å². The summed E-state index contributed by atoms with van der Waals surface area (Å²) in [6.45, 7) is 9.44. The molecule has 1 N–H and O–H groups in total. The van der Waals surface area contributed by atoms with Crippen LogP contribution in [0.4, 0.5) is 0 Å². The number of hydrogen-bond donors (Lipinski definition) is 1. The first-order valence-electron chi connectivity index (χ1n) is 6.96. The first-order valence-corrected chi connectivity index (χ1v) is 7.34. The molecule has 1 aliphatic heterocycles. The van der Waals surface area contributed by atoms with Crippen LogP contribution in [0.3, 0.4) is 0 Å². The molecule has 1 heterocycles. The summed E-state index contributed by atoms with van der Waals surface area (Å²) in [6, 6.07) is 8.36. The second-order valence-electron chi connectivity index (χ2n) is 6.26. The molecule has 0 radical (unpaired) electrons. The lowest BCUT2D eigenvalue weighted by Crippen LogP contribution is -2.46. The van der Waals surface area contributed by atoms with E-state index in [9.17, 15) is 0 Å². The highest BCUT2D eigenvalue weighted by molar-refractivity contribution is 6.30. The minimum atomic E-state index is 0.410. The molecule has 1 saturated heterocycles. The fraction of sp³-hybridized carbons (Fsp3) is 0.625. The number of rotatable bonds is 3. The van der Waals surface area contributed by atoms with Crippen LogP contribution in [0.25, 0.3) is 0 Å². The Kier molecular flexibility index (Phi) is 4.34. The zero-order chi connectivity index (χ0) is 13.2. The van der Waals surface area contributed by atoms with E-state index in [1.165, 1.54) is 12.0 Å². The van der Waals surface area contributed by atoms with E-state index in [1.807, 2.05) is 12.1 Å². The molecule has 0 amide bonds. The van der Waals surface area contributed by atoms with Gasteiger partial charge in [0.15, 0.2) is 0 Å². The van der Waals surface area contributed by atoms with Gasteiger partial charge in [-0.3, -0.25) is 0 Å². The van der Waals surface area contributed by atoms with E-state index in [-0.39, 0.29) is 0 Å². The summed E-state index contributed by atoms with van der Waals surface area (Å²) in [7, 11) is 0. The van der Waals surface area contributed by atoms with E-state index >= 15 is 0 Å². The highest BCUT2D eigenvalue weighted by Gasteiger charge is 2.37. The summed E-state index contributed by atoms with van der Waals surface area (Å²) in [5.41, 5.74) is 1.82. The second kappa shape index (κ2) is 5.63. The summed E-state index contributed by atoms with van der Waals surface area (Å²) in [5.74, 6) is 1.48. The van der Waals surface area contributed by atoms with Crippen molar-refractivity contribution in [2.24, 2.45) is 17.3 Å². The number of hydrogen-bond acceptors (Lipinski definition) is 1. The Morgan fingerprint density at radius 3 is 2.61 bits per heavy atom. The fourth-order valence-electron chi connectivity index (χ4n) is 3.39. The smallest absolute Gasteiger partial charge is 0.0406 e. The van der Waals surface area contributed by atoms with Crippen molar-refractivity contribution in [3.05, 3.63) is 34.9 Å². The molecule has 0 aromatic heterocycles. The Hall–Kier alpha value is -0.530. The zero-order valence-electron chi connectivity index (χ0n) is 11.7. The van der Waals surface area contributed by atoms with Crippen LogP contribution < -0.4 is 5.32 Å². The SMILES string of the molecule is CC(C)C1CNCCC1(C)Cc1ccc(Cl)cc1. The fourth-order valence-corrected chi connectivity index (χ4v) is 3.52. The third-order valence-electron chi connectivity index (χ3n) is 4.46. The largest absolute Gasteiger partial charge is 0.316 e. The summed E-state index contributed by atoms with van der Waals surface area (Å²) in [6.07, 6.45) is 2.42. The van der Waals surface area contributed by atoms with E-state index in [0.29, 0.717) is 5.41 Å². The average molecular weight is 266 g/mol. The van der Waals surface area contributed by atoms with Crippen molar-refractivity contribution in [3.63, 3.8) is 0 Å². The number of benzene rings is 1. The summed E-state index contributed by atoms with van der Waals surface area (Å²) in [5, 5.41) is 4.37. The van der Waals surface area contributed by atoms with Gasteiger partial charge in [-0.15, -0.1) is 0 Å². The molecule has 0 aliphatic carbocycles. The molecule has 1 nitrogen and oxygen atoms in total. The molecular weight excluding hydrogens is 242 g/mol. The number of nitrogens with one attached hydrogen (secondary N) is 1. The summed E-state index contributed by atoms with van der Waals surface area (Å²) in [4.78, 5) is 0. The lowest BCUT2D eigenvalue weighted by molar-refractivity contribution is 0.0902. The molecule has 2 atom stereocenters. The highest BCUT2D eigenvalue weighted by Crippen LogP contribution is 2.40. The number of piperidine rings is 1. The van der Waals surface area contributed by atoms with Crippen molar-refractivity contribution in [2.45, 2.75) is 33.6 Å². The van der Waals surface area contributed by atoms with Crippen molar-refractivity contribution < 1.29 is 0 Å². The van der Waals surface area contributed by atoms with Gasteiger partial charge >= 0.3 is 0 Å². The molecule has 1 aliphatic rings. The van der Waals surface area contributed by atoms with Crippen molar-refractivity contribution in [1.29, 1.82) is 0 Å². The van der Waals surface area contributed by atoms with Crippen molar-refractivity contribution in [3.8, 4) is 0 Å². The van der Waals surface area contributed by atoms with Crippen molar-refractivity contribution in [2.75, 3.05) is 13.1 Å². The third-order valence-corrected chi connectivity index (χ3v) is 4.71. The van der Waals surface area contributed by atoms with Gasteiger partial charge in [0.05, 0.1) is 0 Å². The maximum absolute atomic E-state index is 5.96. The van der Waals surface area contributed by atoms with Crippen LogP contribution in [-0.4, -0.2) is 13.1 Å². The maximum atomic E-state index is 5.96. The minimum Gasteiger partial charge on any atom is -0.316 e. The van der Waals surface area contributed by atoms with Crippen LogP contribution >= 0.6 is 11.6 Å². The Bertz CT molecular complexity index is 385. The van der Waals surface area contributed by atoms with E-state index in [2.05, 4.69) is 38.2 Å². The van der Waals surface area contributed by atoms with Crippen LogP contribution in [0.15, 0.2) is 24.3 Å². The van der Waals surface area contributed by atoms with Crippen LogP contribution in [0.1, 0.15) is 32.8 Å². The van der Waals surface area contributed by atoms with E-state index in [1.54, 1.807) is 0 Å². The molecule has 0 bridgehead atoms. The molecule has 2 rings (SSSR count). The lowest BCUT2D eigenvalue weighted by atomic mass is 9.65. The van der Waals surface area contributed by atoms with E-state index in [0.717, 1.165) is 36.4 Å². The molecule has 1 aromatic rings. The molecule has 2 heteroatoms. The Labute approximate surface area is 116 Å². The standard InChI is InChI=1S/C16H24ClN/c1-12(2)15-11-18-9-8-16(15,3)10-13-4-6-14(17)7-5-13/h4-7,12,15,18H,8-11H2,1-3H3. The number of halogens is 1. The van der Waals surface area contributed by atoms with Gasteiger partial charge < -0.3 is 5.32 Å². The first-order chi connectivity index (χ1) is 8.51. The second-order valence-corrected chi connectivity index (χ2v) is 6.70. The van der Waals surface area contributed by atoms with Gasteiger partial charge in [0, 0.05) is 5.02 Å². The topological polar surface area (TPSA) is 12.0 Å². The molecule has 0 saturated carbocycles. The maximum Gasteiger partial charge on any atom is 0.0406 e. The Balaban J connectivity index is 2.15. The average Bonchev–Trinajstić information content (AvgIpc) is 2.32. The molecule has 100 valence electrons. The zero-order valence-corrected chi connectivity index (χ0v) is 12.4. The first kappa shape index (κ1) is 13.9. The van der Waals surface area contributed by atoms with Gasteiger partial charge in [-0.05, 0) is 60.9 Å². The van der Waals surface area contributed by atoms with Crippen LogP contribution in [0, 0.1) is 17.3 Å². The van der Waals surface area contributed by atoms with Gasteiger partial charge in [0.25, 0.3) is 0 Å². The molecule has 0 spiro atoms. The van der Waals surface area contributed by atoms with Crippen molar-refractivity contribution >= 4 is 11.6 Å². The van der Waals surface area contributed by atoms with Crippen LogP contribution in [-0.2, 0) is 6.42 Å². The molecule has 1 aromatic carbocycles. The van der Waals surface area contributed by atoms with Gasteiger partial charge in [-0.2, -0.15) is 0 Å². The molecular formula is C16H24ClN. The van der Waals surface area contributed by atoms with Gasteiger partial charge in [0.1, 0.15) is 0 Å². The predicted octanol–water partition coefficient (Wildman–Crippen LogP) is 4.15. The van der Waals surface area contributed by atoms with Crippen LogP contribution in [0.2, 0.25) is 5.02 Å². The summed E-state index contributed by atoms with van der Waals surface area (Å²) >= 11 is 5.96. The Morgan fingerprint density at radius 2 is 2.00 bits per heavy atom. The Morgan fingerprint density at radius 1 is 1.33 bits per heavy atom. The monoisotopic (exact) mass is 265 g/mol. The van der Waals surface area contributed by atoms with Crippen molar-refractivity contribution in [1.82, 2.24) is 5.32 Å². The third kappa shape index (κ3) is 3.07. The lowest BCUT2D eigenvalue weighted by Gasteiger charge is -2.44. The molecule has 2 unspecified atom stereocenters. The van der Waals surface area contributed by atoms with Gasteiger partial charge in [-0.1, -0.05) is 44.5 Å². The van der Waals surface area contributed by atoms with E-state index < -0.39 is 0 Å². The van der Waals surface area contributed by atoms with Crippen LogP contribution in [0.5, 0.6) is 0 Å². The van der Waals surface area contributed by atoms with Gasteiger partial charge in [-0.25, -0.2) is 0 Å². The molecule has 1 fully saturated rings. The quantitative estimate of drug-likeness (QED) is 0.866. The summed E-state index contributed by atoms with van der Waals surface area (Å²) < 4.78 is 0. The van der Waals surface area contributed by atoms with Gasteiger partial charge in [0.2, 0.25) is 0 Å². The molecule has 18 heavy (non-hydrogen) atoms. The highest BCUT2D eigenvalue weighted by atomic mass is 35.5. The minimum absolute atomic E-state index is 0.410. The normalized spacial score (nSPS) is 28.6. The predicted molar refractivity (Wildman–Crippen MR) is 79.1 cm³/mol.